The van der Waals surface area contributed by atoms with Crippen molar-refractivity contribution in [1.82, 2.24) is 25.0 Å². The van der Waals surface area contributed by atoms with E-state index in [1.54, 1.807) is 0 Å². The highest BCUT2D eigenvalue weighted by molar-refractivity contribution is 5.22. The average molecular weight is 385 g/mol. The fourth-order valence-electron chi connectivity index (χ4n) is 4.83. The number of aliphatic hydroxyl groups is 1. The van der Waals surface area contributed by atoms with E-state index < -0.39 is 5.60 Å². The van der Waals surface area contributed by atoms with Crippen LogP contribution in [0.5, 0.6) is 0 Å². The summed E-state index contributed by atoms with van der Waals surface area (Å²) in [6, 6.07) is 9.76. The first-order valence-electron chi connectivity index (χ1n) is 10.3. The molecule has 3 heterocycles. The van der Waals surface area contributed by atoms with Gasteiger partial charge < -0.3 is 10.8 Å². The maximum absolute atomic E-state index is 10.8. The topological polar surface area (TPSA) is 94.3 Å². The second kappa shape index (κ2) is 7.81. The second-order valence-corrected chi connectivity index (χ2v) is 8.86. The zero-order chi connectivity index (χ0) is 19.7. The number of hydrogen-bond donors (Lipinski definition) is 3. The monoisotopic (exact) mass is 384 g/mol. The zero-order valence-corrected chi connectivity index (χ0v) is 16.9. The van der Waals surface area contributed by atoms with Crippen molar-refractivity contribution in [2.24, 2.45) is 0 Å². The van der Waals surface area contributed by atoms with Gasteiger partial charge in [0.05, 0.1) is 12.1 Å². The molecule has 2 fully saturated rings. The van der Waals surface area contributed by atoms with Crippen LogP contribution in [0.1, 0.15) is 43.1 Å². The predicted octanol–water partition coefficient (Wildman–Crippen LogP) is 1.73. The quantitative estimate of drug-likeness (QED) is 0.727. The van der Waals surface area contributed by atoms with Crippen molar-refractivity contribution in [2.45, 2.75) is 63.8 Å². The number of nitrogens with two attached hydrogens (primary N) is 1. The van der Waals surface area contributed by atoms with Crippen molar-refractivity contribution in [2.75, 3.05) is 25.4 Å². The molecule has 2 atom stereocenters. The van der Waals surface area contributed by atoms with E-state index in [4.69, 9.17) is 5.73 Å². The summed E-state index contributed by atoms with van der Waals surface area (Å²) < 4.78 is 0. The van der Waals surface area contributed by atoms with Crippen molar-refractivity contribution < 1.29 is 5.11 Å². The Morgan fingerprint density at radius 1 is 1.25 bits per heavy atom. The molecule has 0 aliphatic carbocycles. The number of hydrogen-bond acceptors (Lipinski definition) is 6. The molecule has 28 heavy (non-hydrogen) atoms. The van der Waals surface area contributed by atoms with Crippen LogP contribution in [0.3, 0.4) is 0 Å². The number of β-amino-alcohol motifs (C(OH)–C–C–N with tert-alkyl or cyclic N) is 1. The maximum Gasteiger partial charge on any atom is 0.239 e. The van der Waals surface area contributed by atoms with Gasteiger partial charge in [-0.2, -0.15) is 4.98 Å². The zero-order valence-electron chi connectivity index (χ0n) is 16.9. The Morgan fingerprint density at radius 2 is 1.96 bits per heavy atom. The SMILES string of the molecule is Cc1ccc(CC2CC(C)(O)CN2C2CCN(Cc3nc(N)n[nH]3)CC2)cc1. The summed E-state index contributed by atoms with van der Waals surface area (Å²) in [7, 11) is 0. The number of piperidine rings is 1. The van der Waals surface area contributed by atoms with Gasteiger partial charge in [-0.15, -0.1) is 5.10 Å². The van der Waals surface area contributed by atoms with E-state index in [2.05, 4.69) is 56.2 Å². The van der Waals surface area contributed by atoms with E-state index in [0.29, 0.717) is 18.0 Å². The van der Waals surface area contributed by atoms with Crippen LogP contribution in [-0.4, -0.2) is 67.4 Å². The molecule has 2 saturated heterocycles. The summed E-state index contributed by atoms with van der Waals surface area (Å²) in [4.78, 5) is 9.19. The second-order valence-electron chi connectivity index (χ2n) is 8.86. The fraction of sp³-hybridized carbons (Fsp3) is 0.619. The van der Waals surface area contributed by atoms with Gasteiger partial charge >= 0.3 is 0 Å². The minimum absolute atomic E-state index is 0.308. The number of aromatic nitrogens is 3. The van der Waals surface area contributed by atoms with Crippen LogP contribution >= 0.6 is 0 Å². The van der Waals surface area contributed by atoms with Crippen LogP contribution in [0.4, 0.5) is 5.95 Å². The van der Waals surface area contributed by atoms with Gasteiger partial charge in [-0.1, -0.05) is 29.8 Å². The Balaban J connectivity index is 1.37. The van der Waals surface area contributed by atoms with E-state index >= 15 is 0 Å². The first-order chi connectivity index (χ1) is 13.4. The molecule has 4 N–H and O–H groups in total. The number of nitrogen functional groups attached to an aromatic ring is 1. The number of rotatable bonds is 5. The lowest BCUT2D eigenvalue weighted by Gasteiger charge is -2.39. The van der Waals surface area contributed by atoms with E-state index in [1.165, 1.54) is 11.1 Å². The summed E-state index contributed by atoms with van der Waals surface area (Å²) in [5.41, 5.74) is 7.66. The molecule has 4 rings (SSSR count). The Bertz CT molecular complexity index is 778. The van der Waals surface area contributed by atoms with Crippen LogP contribution in [0.2, 0.25) is 0 Å². The van der Waals surface area contributed by atoms with E-state index in [9.17, 15) is 5.11 Å². The molecule has 0 saturated carbocycles. The highest BCUT2D eigenvalue weighted by Crippen LogP contribution is 2.33. The number of aryl methyl sites for hydroxylation is 1. The van der Waals surface area contributed by atoms with Gasteiger partial charge in [0.1, 0.15) is 5.82 Å². The van der Waals surface area contributed by atoms with Gasteiger partial charge in [0.15, 0.2) is 0 Å². The summed E-state index contributed by atoms with van der Waals surface area (Å²) in [6.07, 6.45) is 4.08. The minimum Gasteiger partial charge on any atom is -0.389 e. The normalized spacial score (nSPS) is 27.5. The van der Waals surface area contributed by atoms with Gasteiger partial charge in [0, 0.05) is 31.7 Å². The summed E-state index contributed by atoms with van der Waals surface area (Å²) in [5, 5.41) is 17.6. The smallest absolute Gasteiger partial charge is 0.239 e. The number of benzene rings is 1. The first-order valence-corrected chi connectivity index (χ1v) is 10.3. The number of anilines is 1. The Morgan fingerprint density at radius 3 is 2.61 bits per heavy atom. The van der Waals surface area contributed by atoms with Crippen molar-refractivity contribution in [3.63, 3.8) is 0 Å². The van der Waals surface area contributed by atoms with Crippen molar-refractivity contribution >= 4 is 5.95 Å². The maximum atomic E-state index is 10.8. The molecule has 2 unspecified atom stereocenters. The molecule has 7 nitrogen and oxygen atoms in total. The van der Waals surface area contributed by atoms with Crippen LogP contribution in [-0.2, 0) is 13.0 Å². The number of likely N-dealkylation sites (tertiary alicyclic amines) is 2. The first kappa shape index (κ1) is 19.4. The van der Waals surface area contributed by atoms with Crippen molar-refractivity contribution in [1.29, 1.82) is 0 Å². The third kappa shape index (κ3) is 4.54. The molecule has 1 aromatic carbocycles. The Kier molecular flexibility index (Phi) is 5.40. The van der Waals surface area contributed by atoms with E-state index in [-0.39, 0.29) is 0 Å². The Labute approximate surface area is 166 Å². The molecule has 0 amide bonds. The van der Waals surface area contributed by atoms with Crippen LogP contribution in [0.15, 0.2) is 24.3 Å². The molecular formula is C21H32N6O. The number of aromatic amines is 1. The Hall–Kier alpha value is -1.96. The number of nitrogens with zero attached hydrogens (tertiary/aromatic N) is 4. The number of H-pyrrole nitrogens is 1. The summed E-state index contributed by atoms with van der Waals surface area (Å²) >= 11 is 0. The standard InChI is InChI=1S/C21H32N6O/c1-15-3-5-16(6-4-15)11-18-12-21(2,28)14-27(18)17-7-9-26(10-8-17)13-19-23-20(22)25-24-19/h3-6,17-18,28H,7-14H2,1-2H3,(H3,22,23,24,25). The van der Waals surface area contributed by atoms with Gasteiger partial charge in [-0.3, -0.25) is 14.9 Å². The molecule has 2 aromatic rings. The largest absolute Gasteiger partial charge is 0.389 e. The van der Waals surface area contributed by atoms with E-state index in [1.807, 2.05) is 6.92 Å². The van der Waals surface area contributed by atoms with Crippen molar-refractivity contribution in [3.05, 3.63) is 41.2 Å². The van der Waals surface area contributed by atoms with Crippen LogP contribution in [0.25, 0.3) is 0 Å². The lowest BCUT2D eigenvalue weighted by atomic mass is 9.96. The van der Waals surface area contributed by atoms with Crippen LogP contribution < -0.4 is 5.73 Å². The highest BCUT2D eigenvalue weighted by atomic mass is 16.3. The van der Waals surface area contributed by atoms with Gasteiger partial charge in [0.25, 0.3) is 0 Å². The molecule has 0 spiro atoms. The van der Waals surface area contributed by atoms with Gasteiger partial charge in [-0.05, 0) is 45.1 Å². The molecule has 0 radical (unpaired) electrons. The minimum atomic E-state index is -0.593. The van der Waals surface area contributed by atoms with Crippen molar-refractivity contribution in [3.8, 4) is 0 Å². The molecule has 2 aliphatic rings. The molecule has 152 valence electrons. The lowest BCUT2D eigenvalue weighted by molar-refractivity contribution is 0.0486. The molecule has 1 aromatic heterocycles. The lowest BCUT2D eigenvalue weighted by Crippen LogP contribution is -2.47. The third-order valence-corrected chi connectivity index (χ3v) is 6.21. The molecule has 2 aliphatic heterocycles. The van der Waals surface area contributed by atoms with Crippen LogP contribution in [0, 0.1) is 6.92 Å². The average Bonchev–Trinajstić information content (AvgIpc) is 3.19. The molecule has 0 bridgehead atoms. The van der Waals surface area contributed by atoms with E-state index in [0.717, 1.165) is 57.7 Å². The third-order valence-electron chi connectivity index (χ3n) is 6.21. The summed E-state index contributed by atoms with van der Waals surface area (Å²) in [5.74, 6) is 1.14. The highest BCUT2D eigenvalue weighted by Gasteiger charge is 2.42. The fourth-order valence-corrected chi connectivity index (χ4v) is 4.83. The predicted molar refractivity (Wildman–Crippen MR) is 110 cm³/mol. The molecular weight excluding hydrogens is 352 g/mol. The number of nitrogens with one attached hydrogen (secondary N) is 1. The summed E-state index contributed by atoms with van der Waals surface area (Å²) in [6.45, 7) is 7.70. The van der Waals surface area contributed by atoms with Gasteiger partial charge in [0.2, 0.25) is 5.95 Å². The molecule has 7 heteroatoms. The van der Waals surface area contributed by atoms with Gasteiger partial charge in [-0.25, -0.2) is 0 Å².